The maximum atomic E-state index is 13.7. The molecule has 10 heteroatoms. The van der Waals surface area contributed by atoms with Crippen molar-refractivity contribution in [3.63, 3.8) is 0 Å². The molecule has 0 bridgehead atoms. The summed E-state index contributed by atoms with van der Waals surface area (Å²) in [6.45, 7) is 3.71. The highest BCUT2D eigenvalue weighted by molar-refractivity contribution is 6.04. The Morgan fingerprint density at radius 1 is 1.00 bits per heavy atom. The van der Waals surface area contributed by atoms with Crippen LogP contribution in [0, 0.1) is 19.8 Å². The fraction of sp³-hybridized carbons (Fsp3) is 0.379. The third-order valence-corrected chi connectivity index (χ3v) is 7.38. The van der Waals surface area contributed by atoms with Crippen LogP contribution in [-0.4, -0.2) is 42.6 Å². The summed E-state index contributed by atoms with van der Waals surface area (Å²) < 4.78 is 6.75. The molecule has 1 amide bonds. The van der Waals surface area contributed by atoms with Crippen LogP contribution in [0.3, 0.4) is 0 Å². The molecule has 5 rings (SSSR count). The second-order valence-electron chi connectivity index (χ2n) is 10.1. The number of carbonyl (C=O) groups is 2. The molecule has 0 aliphatic heterocycles. The van der Waals surface area contributed by atoms with Gasteiger partial charge in [-0.25, -0.2) is 4.98 Å². The smallest absolute Gasteiger partial charge is 0.270 e. The number of hydrogen-bond donors (Lipinski definition) is 2. The molecule has 4 aromatic rings. The first-order chi connectivity index (χ1) is 18.9. The monoisotopic (exact) mass is 527 g/mol. The van der Waals surface area contributed by atoms with Crippen LogP contribution in [0.15, 0.2) is 53.4 Å². The van der Waals surface area contributed by atoms with E-state index in [1.807, 2.05) is 26.0 Å². The Labute approximate surface area is 227 Å². The van der Waals surface area contributed by atoms with Crippen LogP contribution < -0.4 is 10.6 Å². The Morgan fingerprint density at radius 2 is 1.74 bits per heavy atom. The number of nitrogens with zero attached hydrogens (tertiary/aromatic N) is 5. The first-order valence-corrected chi connectivity index (χ1v) is 13.4. The molecule has 1 aliphatic carbocycles. The number of Topliss-reactive ketones (excluding diaryl/α,β-unsaturated/α-hetero) is 1. The molecule has 0 saturated heterocycles. The van der Waals surface area contributed by atoms with Crippen molar-refractivity contribution in [3.8, 4) is 11.3 Å². The Kier molecular flexibility index (Phi) is 7.81. The molecule has 3 heterocycles. The Balaban J connectivity index is 1.30. The highest BCUT2D eigenvalue weighted by Crippen LogP contribution is 2.29. The minimum atomic E-state index is -0.591. The molecule has 1 atom stereocenters. The van der Waals surface area contributed by atoms with Crippen molar-refractivity contribution in [2.24, 2.45) is 13.0 Å². The number of ketones is 1. The number of hydrogen-bond acceptors (Lipinski definition) is 8. The van der Waals surface area contributed by atoms with E-state index in [-0.39, 0.29) is 17.6 Å². The standard InChI is InChI=1S/C29H33N7O3/c1-18-26(19(2)39-35-18)23-16-31-25(17-30-23)33-22-12-10-21(11-13-22)28(37)27(20-8-6-4-5-7-9-20)34-29(38)24-14-15-32-36(24)3/h10-17,20,27H,4-9H2,1-3H3,(H,31,33)(H,34,38)/t27-/m0/s1. The second kappa shape index (κ2) is 11.6. The van der Waals surface area contributed by atoms with E-state index in [9.17, 15) is 9.59 Å². The van der Waals surface area contributed by atoms with Gasteiger partial charge in [0.15, 0.2) is 5.78 Å². The zero-order valence-corrected chi connectivity index (χ0v) is 22.5. The molecule has 10 nitrogen and oxygen atoms in total. The number of benzene rings is 1. The summed E-state index contributed by atoms with van der Waals surface area (Å²) >= 11 is 0. The molecule has 2 N–H and O–H groups in total. The van der Waals surface area contributed by atoms with E-state index >= 15 is 0 Å². The fourth-order valence-corrected chi connectivity index (χ4v) is 5.27. The number of aryl methyl sites for hydroxylation is 3. The van der Waals surface area contributed by atoms with Crippen molar-refractivity contribution in [1.82, 2.24) is 30.2 Å². The zero-order valence-electron chi connectivity index (χ0n) is 22.5. The lowest BCUT2D eigenvalue weighted by molar-refractivity contribution is 0.0808. The van der Waals surface area contributed by atoms with Gasteiger partial charge in [-0.05, 0) is 62.9 Å². The van der Waals surface area contributed by atoms with Crippen molar-refractivity contribution < 1.29 is 14.1 Å². The molecule has 1 aromatic carbocycles. The topological polar surface area (TPSA) is 128 Å². The van der Waals surface area contributed by atoms with E-state index in [2.05, 4.69) is 30.9 Å². The maximum Gasteiger partial charge on any atom is 0.270 e. The van der Waals surface area contributed by atoms with Gasteiger partial charge in [0.2, 0.25) is 0 Å². The van der Waals surface area contributed by atoms with Crippen LogP contribution in [0.1, 0.15) is 70.8 Å². The zero-order chi connectivity index (χ0) is 27.4. The van der Waals surface area contributed by atoms with Gasteiger partial charge in [0.05, 0.1) is 35.4 Å². The van der Waals surface area contributed by atoms with Crippen molar-refractivity contribution in [3.05, 3.63) is 71.6 Å². The molecule has 39 heavy (non-hydrogen) atoms. The Hall–Kier alpha value is -4.34. The van der Waals surface area contributed by atoms with E-state index in [4.69, 9.17) is 4.52 Å². The van der Waals surface area contributed by atoms with Crippen LogP contribution in [0.4, 0.5) is 11.5 Å². The van der Waals surface area contributed by atoms with Crippen molar-refractivity contribution in [2.45, 2.75) is 58.4 Å². The van der Waals surface area contributed by atoms with E-state index in [1.54, 1.807) is 43.8 Å². The number of amides is 1. The van der Waals surface area contributed by atoms with E-state index < -0.39 is 6.04 Å². The summed E-state index contributed by atoms with van der Waals surface area (Å²) in [5.74, 6) is 1.01. The van der Waals surface area contributed by atoms with Gasteiger partial charge >= 0.3 is 0 Å². The van der Waals surface area contributed by atoms with Crippen molar-refractivity contribution >= 4 is 23.2 Å². The summed E-state index contributed by atoms with van der Waals surface area (Å²) in [5.41, 5.74) is 4.06. The third-order valence-electron chi connectivity index (χ3n) is 7.38. The van der Waals surface area contributed by atoms with Crippen LogP contribution in [0.5, 0.6) is 0 Å². The SMILES string of the molecule is Cc1noc(C)c1-c1cnc(Nc2ccc(C(=O)[C@@H](NC(=O)c3ccnn3C)C3CCCCCC3)cc2)cn1. The summed E-state index contributed by atoms with van der Waals surface area (Å²) in [4.78, 5) is 35.7. The van der Waals surface area contributed by atoms with Crippen LogP contribution in [0.25, 0.3) is 11.3 Å². The number of anilines is 2. The average molecular weight is 528 g/mol. The van der Waals surface area contributed by atoms with Gasteiger partial charge in [0.25, 0.3) is 5.91 Å². The third kappa shape index (κ3) is 5.89. The molecule has 202 valence electrons. The van der Waals surface area contributed by atoms with Crippen LogP contribution in [0.2, 0.25) is 0 Å². The summed E-state index contributed by atoms with van der Waals surface area (Å²) in [5, 5.41) is 14.3. The lowest BCUT2D eigenvalue weighted by atomic mass is 9.86. The number of nitrogens with one attached hydrogen (secondary N) is 2. The minimum Gasteiger partial charge on any atom is -0.361 e. The highest BCUT2D eigenvalue weighted by Gasteiger charge is 2.31. The number of carbonyl (C=O) groups excluding carboxylic acids is 2. The van der Waals surface area contributed by atoms with Crippen LogP contribution >= 0.6 is 0 Å². The van der Waals surface area contributed by atoms with E-state index in [0.29, 0.717) is 28.5 Å². The first-order valence-electron chi connectivity index (χ1n) is 13.4. The summed E-state index contributed by atoms with van der Waals surface area (Å²) in [6, 6.07) is 8.32. The molecule has 0 radical (unpaired) electrons. The molecule has 1 saturated carbocycles. The lowest BCUT2D eigenvalue weighted by Crippen LogP contribution is -2.46. The number of aromatic nitrogens is 5. The largest absolute Gasteiger partial charge is 0.361 e. The van der Waals surface area contributed by atoms with Gasteiger partial charge in [-0.1, -0.05) is 30.8 Å². The molecule has 0 unspecified atom stereocenters. The Bertz CT molecular complexity index is 1410. The molecule has 3 aromatic heterocycles. The van der Waals surface area contributed by atoms with Gasteiger partial charge in [0.1, 0.15) is 17.3 Å². The quantitative estimate of drug-likeness (QED) is 0.237. The summed E-state index contributed by atoms with van der Waals surface area (Å²) in [7, 11) is 1.72. The van der Waals surface area contributed by atoms with Crippen molar-refractivity contribution in [2.75, 3.05) is 5.32 Å². The average Bonchev–Trinajstić information content (AvgIpc) is 3.40. The molecule has 1 aliphatic rings. The molecule has 1 fully saturated rings. The fourth-order valence-electron chi connectivity index (χ4n) is 5.27. The summed E-state index contributed by atoms with van der Waals surface area (Å²) in [6.07, 6.45) is 11.2. The van der Waals surface area contributed by atoms with E-state index in [0.717, 1.165) is 55.5 Å². The van der Waals surface area contributed by atoms with Gasteiger partial charge in [-0.15, -0.1) is 0 Å². The van der Waals surface area contributed by atoms with Gasteiger partial charge < -0.3 is 15.2 Å². The lowest BCUT2D eigenvalue weighted by Gasteiger charge is -2.26. The van der Waals surface area contributed by atoms with Crippen LogP contribution in [-0.2, 0) is 7.05 Å². The van der Waals surface area contributed by atoms with Gasteiger partial charge in [-0.3, -0.25) is 19.3 Å². The predicted octanol–water partition coefficient (Wildman–Crippen LogP) is 5.18. The molecular formula is C29H33N7O3. The molecular weight excluding hydrogens is 494 g/mol. The minimum absolute atomic E-state index is 0.0763. The highest BCUT2D eigenvalue weighted by atomic mass is 16.5. The van der Waals surface area contributed by atoms with Crippen molar-refractivity contribution in [1.29, 1.82) is 0 Å². The first kappa shape index (κ1) is 26.3. The maximum absolute atomic E-state index is 13.7. The normalized spacial score (nSPS) is 14.9. The van der Waals surface area contributed by atoms with E-state index in [1.165, 1.54) is 4.68 Å². The second-order valence-corrected chi connectivity index (χ2v) is 10.1. The predicted molar refractivity (Wildman–Crippen MR) is 147 cm³/mol. The molecule has 0 spiro atoms. The Morgan fingerprint density at radius 3 is 2.33 bits per heavy atom. The van der Waals surface area contributed by atoms with Gasteiger partial charge in [0, 0.05) is 24.5 Å². The van der Waals surface area contributed by atoms with Gasteiger partial charge in [-0.2, -0.15) is 5.10 Å². The number of rotatable bonds is 8.